The van der Waals surface area contributed by atoms with Gasteiger partial charge in [0.05, 0.1) is 12.0 Å². The topological polar surface area (TPSA) is 68.6 Å². The fraction of sp³-hybridized carbons (Fsp3) is 0.208. The molecule has 6 nitrogen and oxygen atoms in total. The molecule has 0 radical (unpaired) electrons. The molecule has 1 fully saturated rings. The second kappa shape index (κ2) is 8.43. The van der Waals surface area contributed by atoms with Gasteiger partial charge in [0.15, 0.2) is 0 Å². The molecule has 4 rings (SSSR count). The minimum atomic E-state index is -0.967. The van der Waals surface area contributed by atoms with Gasteiger partial charge in [-0.1, -0.05) is 48.0 Å². The van der Waals surface area contributed by atoms with Gasteiger partial charge in [0.25, 0.3) is 11.1 Å². The number of hydrogen-bond acceptors (Lipinski definition) is 5. The van der Waals surface area contributed by atoms with Crippen molar-refractivity contribution in [3.8, 4) is 0 Å². The Kier molecular flexibility index (Phi) is 5.69. The minimum absolute atomic E-state index is 0.291. The molecule has 158 valence electrons. The van der Waals surface area contributed by atoms with Crippen LogP contribution in [0.15, 0.2) is 59.6 Å². The fourth-order valence-corrected chi connectivity index (χ4v) is 4.66. The molecular formula is C24H22N2O4S. The van der Waals surface area contributed by atoms with E-state index in [4.69, 9.17) is 0 Å². The Morgan fingerprint density at radius 2 is 1.94 bits per heavy atom. The SMILES string of the molecule is COC(=O)[C@@H](C)N1C(=O)S/C(=C/c2cn(Cc3cccc(C)c3)c3ccccc23)C1=O. The molecule has 2 aromatic carbocycles. The molecule has 2 amide bonds. The lowest BCUT2D eigenvalue weighted by Crippen LogP contribution is -2.42. The van der Waals surface area contributed by atoms with Crippen molar-refractivity contribution in [3.05, 3.63) is 76.3 Å². The van der Waals surface area contributed by atoms with Crippen LogP contribution in [0.1, 0.15) is 23.6 Å². The quantitative estimate of drug-likeness (QED) is 0.434. The van der Waals surface area contributed by atoms with Gasteiger partial charge in [0.2, 0.25) is 0 Å². The number of thioether (sulfide) groups is 1. The van der Waals surface area contributed by atoms with Crippen LogP contribution < -0.4 is 0 Å². The standard InChI is InChI=1S/C24H22N2O4S/c1-15-7-6-8-17(11-15)13-25-14-18(19-9-4-5-10-20(19)25)12-21-22(27)26(24(29)31-21)16(2)23(28)30-3/h4-12,14,16H,13H2,1-3H3/b21-12+/t16-/m1/s1. The highest BCUT2D eigenvalue weighted by molar-refractivity contribution is 8.18. The van der Waals surface area contributed by atoms with Crippen molar-refractivity contribution in [2.24, 2.45) is 0 Å². The summed E-state index contributed by atoms with van der Waals surface area (Å²) in [7, 11) is 1.23. The number of methoxy groups -OCH3 is 1. The Labute approximate surface area is 184 Å². The number of aromatic nitrogens is 1. The first-order valence-corrected chi connectivity index (χ1v) is 10.7. The number of hydrogen-bond donors (Lipinski definition) is 0. The van der Waals surface area contributed by atoms with E-state index in [-0.39, 0.29) is 0 Å². The highest BCUT2D eigenvalue weighted by Crippen LogP contribution is 2.35. The molecule has 0 bridgehead atoms. The van der Waals surface area contributed by atoms with Gasteiger partial charge in [0, 0.05) is 29.2 Å². The molecule has 1 aromatic heterocycles. The van der Waals surface area contributed by atoms with Crippen molar-refractivity contribution in [3.63, 3.8) is 0 Å². The van der Waals surface area contributed by atoms with Gasteiger partial charge >= 0.3 is 5.97 Å². The number of para-hydroxylation sites is 1. The number of fused-ring (bicyclic) bond motifs is 1. The Bertz CT molecular complexity index is 1230. The zero-order valence-electron chi connectivity index (χ0n) is 17.5. The molecule has 0 unspecified atom stereocenters. The van der Waals surface area contributed by atoms with E-state index in [2.05, 4.69) is 34.4 Å². The molecule has 7 heteroatoms. The third-order valence-electron chi connectivity index (χ3n) is 5.29. The van der Waals surface area contributed by atoms with E-state index in [9.17, 15) is 14.4 Å². The van der Waals surface area contributed by atoms with Crippen LogP contribution in [0.3, 0.4) is 0 Å². The summed E-state index contributed by atoms with van der Waals surface area (Å²) in [5.41, 5.74) is 4.26. The lowest BCUT2D eigenvalue weighted by atomic mass is 10.1. The van der Waals surface area contributed by atoms with E-state index in [0.29, 0.717) is 11.4 Å². The van der Waals surface area contributed by atoms with E-state index >= 15 is 0 Å². The molecule has 0 spiro atoms. The Hall–Kier alpha value is -3.32. The number of rotatable bonds is 5. The first-order valence-electron chi connectivity index (χ1n) is 9.87. The summed E-state index contributed by atoms with van der Waals surface area (Å²) in [5.74, 6) is -1.11. The van der Waals surface area contributed by atoms with Gasteiger partial charge in [-0.15, -0.1) is 0 Å². The van der Waals surface area contributed by atoms with Crippen molar-refractivity contribution in [1.29, 1.82) is 0 Å². The number of carbonyl (C=O) groups excluding carboxylic acids is 3. The molecule has 1 atom stereocenters. The number of carbonyl (C=O) groups is 3. The molecule has 1 aliphatic rings. The lowest BCUT2D eigenvalue weighted by molar-refractivity contribution is -0.148. The third-order valence-corrected chi connectivity index (χ3v) is 6.18. The zero-order chi connectivity index (χ0) is 22.1. The zero-order valence-corrected chi connectivity index (χ0v) is 18.3. The van der Waals surface area contributed by atoms with Crippen molar-refractivity contribution < 1.29 is 19.1 Å². The molecule has 0 aliphatic carbocycles. The van der Waals surface area contributed by atoms with E-state index in [1.165, 1.54) is 25.2 Å². The first-order chi connectivity index (χ1) is 14.9. The summed E-state index contributed by atoms with van der Waals surface area (Å²) in [6, 6.07) is 15.3. The summed E-state index contributed by atoms with van der Waals surface area (Å²) in [6.45, 7) is 4.24. The number of esters is 1. The highest BCUT2D eigenvalue weighted by Gasteiger charge is 2.41. The molecule has 31 heavy (non-hydrogen) atoms. The predicted molar refractivity (Wildman–Crippen MR) is 122 cm³/mol. The molecular weight excluding hydrogens is 412 g/mol. The average Bonchev–Trinajstić information content (AvgIpc) is 3.24. The van der Waals surface area contributed by atoms with E-state index in [0.717, 1.165) is 33.1 Å². The van der Waals surface area contributed by atoms with E-state index in [1.807, 2.05) is 36.5 Å². The number of ether oxygens (including phenoxy) is 1. The van der Waals surface area contributed by atoms with Gasteiger partial charge in [0.1, 0.15) is 6.04 Å². The number of amides is 2. The van der Waals surface area contributed by atoms with Crippen LogP contribution in [-0.2, 0) is 20.9 Å². The smallest absolute Gasteiger partial charge is 0.328 e. The Morgan fingerprint density at radius 3 is 2.68 bits per heavy atom. The largest absolute Gasteiger partial charge is 0.467 e. The molecule has 1 aliphatic heterocycles. The summed E-state index contributed by atoms with van der Waals surface area (Å²) >= 11 is 0.838. The lowest BCUT2D eigenvalue weighted by Gasteiger charge is -2.18. The highest BCUT2D eigenvalue weighted by atomic mass is 32.2. The van der Waals surface area contributed by atoms with Crippen LogP contribution >= 0.6 is 11.8 Å². The van der Waals surface area contributed by atoms with Crippen molar-refractivity contribution in [1.82, 2.24) is 9.47 Å². The van der Waals surface area contributed by atoms with Crippen LogP contribution in [0, 0.1) is 6.92 Å². The Morgan fingerprint density at radius 1 is 1.16 bits per heavy atom. The molecule has 3 aromatic rings. The maximum absolute atomic E-state index is 12.9. The van der Waals surface area contributed by atoms with Crippen molar-refractivity contribution >= 4 is 45.9 Å². The molecule has 0 saturated carbocycles. The van der Waals surface area contributed by atoms with Crippen LogP contribution in [0.4, 0.5) is 4.79 Å². The summed E-state index contributed by atoms with van der Waals surface area (Å²) in [5, 5.41) is 0.514. The van der Waals surface area contributed by atoms with Gasteiger partial charge < -0.3 is 9.30 Å². The number of aryl methyl sites for hydroxylation is 1. The maximum atomic E-state index is 12.9. The second-order valence-corrected chi connectivity index (χ2v) is 8.46. The van der Waals surface area contributed by atoms with Gasteiger partial charge in [-0.3, -0.25) is 14.5 Å². The average molecular weight is 435 g/mol. The van der Waals surface area contributed by atoms with Gasteiger partial charge in [-0.05, 0) is 43.3 Å². The first kappa shape index (κ1) is 20.9. The van der Waals surface area contributed by atoms with Gasteiger partial charge in [-0.2, -0.15) is 0 Å². The molecule has 2 heterocycles. The fourth-order valence-electron chi connectivity index (χ4n) is 3.76. The normalized spacial score (nSPS) is 16.4. The van der Waals surface area contributed by atoms with Crippen molar-refractivity contribution in [2.45, 2.75) is 26.4 Å². The summed E-state index contributed by atoms with van der Waals surface area (Å²) in [6.07, 6.45) is 3.72. The van der Waals surface area contributed by atoms with Gasteiger partial charge in [-0.25, -0.2) is 4.79 Å². The second-order valence-electron chi connectivity index (χ2n) is 7.47. The molecule has 1 saturated heterocycles. The predicted octanol–water partition coefficient (Wildman–Crippen LogP) is 4.60. The number of nitrogens with zero attached hydrogens (tertiary/aromatic N) is 2. The van der Waals surface area contributed by atoms with E-state index < -0.39 is 23.2 Å². The van der Waals surface area contributed by atoms with Crippen LogP contribution in [0.25, 0.3) is 17.0 Å². The maximum Gasteiger partial charge on any atom is 0.328 e. The van der Waals surface area contributed by atoms with Crippen molar-refractivity contribution in [2.75, 3.05) is 7.11 Å². The molecule has 0 N–H and O–H groups in total. The minimum Gasteiger partial charge on any atom is -0.467 e. The van der Waals surface area contributed by atoms with E-state index in [1.54, 1.807) is 6.08 Å². The number of benzene rings is 2. The Balaban J connectivity index is 1.70. The summed E-state index contributed by atoms with van der Waals surface area (Å²) in [4.78, 5) is 38.3. The summed E-state index contributed by atoms with van der Waals surface area (Å²) < 4.78 is 6.82. The van der Waals surface area contributed by atoms with Crippen LogP contribution in [0.2, 0.25) is 0 Å². The number of imide groups is 1. The third kappa shape index (κ3) is 4.01. The van der Waals surface area contributed by atoms with Crippen LogP contribution in [0.5, 0.6) is 0 Å². The van der Waals surface area contributed by atoms with Crippen LogP contribution in [-0.4, -0.2) is 39.7 Å². The monoisotopic (exact) mass is 434 g/mol.